The summed E-state index contributed by atoms with van der Waals surface area (Å²) in [4.78, 5) is 26.4. The van der Waals surface area contributed by atoms with Gasteiger partial charge in [-0.1, -0.05) is 6.07 Å². The number of rotatable bonds is 5. The lowest BCUT2D eigenvalue weighted by Gasteiger charge is -2.10. The Morgan fingerprint density at radius 3 is 2.80 bits per heavy atom. The third-order valence-electron chi connectivity index (χ3n) is 3.76. The van der Waals surface area contributed by atoms with Crippen LogP contribution in [0.15, 0.2) is 18.3 Å². The number of fused-ring (bicyclic) bond motifs is 1. The first kappa shape index (κ1) is 17.1. The first-order valence-corrected chi connectivity index (χ1v) is 8.44. The summed E-state index contributed by atoms with van der Waals surface area (Å²) in [5, 5.41) is 4.15. The molecule has 3 rings (SSSR count). The zero-order chi connectivity index (χ0) is 18.0. The van der Waals surface area contributed by atoms with E-state index in [1.54, 1.807) is 13.3 Å². The third kappa shape index (κ3) is 3.25. The Morgan fingerprint density at radius 2 is 2.08 bits per heavy atom. The number of esters is 1. The summed E-state index contributed by atoms with van der Waals surface area (Å²) < 4.78 is 10.1. The average Bonchev–Trinajstić information content (AvgIpc) is 2.95. The molecule has 3 aromatic heterocycles. The molecule has 0 aliphatic heterocycles. The van der Waals surface area contributed by atoms with E-state index in [4.69, 9.17) is 9.47 Å². The van der Waals surface area contributed by atoms with Gasteiger partial charge < -0.3 is 14.8 Å². The number of aromatic nitrogens is 3. The van der Waals surface area contributed by atoms with Gasteiger partial charge in [0.2, 0.25) is 5.88 Å². The fourth-order valence-corrected chi connectivity index (χ4v) is 3.73. The third-order valence-corrected chi connectivity index (χ3v) is 4.93. The highest BCUT2D eigenvalue weighted by Gasteiger charge is 2.20. The number of nitrogens with zero attached hydrogens (tertiary/aromatic N) is 3. The van der Waals surface area contributed by atoms with Gasteiger partial charge in [-0.25, -0.2) is 19.7 Å². The van der Waals surface area contributed by atoms with Crippen LogP contribution in [-0.2, 0) is 11.3 Å². The second kappa shape index (κ2) is 7.02. The van der Waals surface area contributed by atoms with E-state index in [0.29, 0.717) is 28.9 Å². The Labute approximate surface area is 149 Å². The summed E-state index contributed by atoms with van der Waals surface area (Å²) in [7, 11) is 2.96. The van der Waals surface area contributed by atoms with Crippen LogP contribution in [0.25, 0.3) is 10.2 Å². The molecule has 0 amide bonds. The van der Waals surface area contributed by atoms with E-state index in [2.05, 4.69) is 20.3 Å². The molecule has 25 heavy (non-hydrogen) atoms. The Balaban J connectivity index is 2.01. The van der Waals surface area contributed by atoms with Crippen molar-refractivity contribution in [2.45, 2.75) is 20.4 Å². The van der Waals surface area contributed by atoms with E-state index in [1.165, 1.54) is 18.4 Å². The minimum absolute atomic E-state index is 0.363. The van der Waals surface area contributed by atoms with Crippen LogP contribution in [0, 0.1) is 13.8 Å². The van der Waals surface area contributed by atoms with Crippen LogP contribution in [0.2, 0.25) is 0 Å². The van der Waals surface area contributed by atoms with E-state index >= 15 is 0 Å². The molecule has 1 N–H and O–H groups in total. The standard InChI is InChI=1S/C17H18N4O3S/c1-9-12-14(19-8-11-6-5-7-18-15(11)23-3)20-10(2)21-16(12)25-13(9)17(22)24-4/h5-7H,8H2,1-4H3,(H,19,20,21). The number of pyridine rings is 1. The highest BCUT2D eigenvalue weighted by molar-refractivity contribution is 7.20. The van der Waals surface area contributed by atoms with Crippen LogP contribution in [-0.4, -0.2) is 35.1 Å². The maximum atomic E-state index is 12.0. The van der Waals surface area contributed by atoms with E-state index in [-0.39, 0.29) is 5.97 Å². The molecular weight excluding hydrogens is 340 g/mol. The predicted molar refractivity (Wildman–Crippen MR) is 96.3 cm³/mol. The molecule has 0 spiro atoms. The minimum Gasteiger partial charge on any atom is -0.481 e. The highest BCUT2D eigenvalue weighted by atomic mass is 32.1. The molecule has 8 heteroatoms. The smallest absolute Gasteiger partial charge is 0.348 e. The van der Waals surface area contributed by atoms with E-state index in [1.807, 2.05) is 26.0 Å². The Morgan fingerprint density at radius 1 is 1.28 bits per heavy atom. The number of hydrogen-bond donors (Lipinski definition) is 1. The number of anilines is 1. The first-order chi connectivity index (χ1) is 12.0. The summed E-state index contributed by atoms with van der Waals surface area (Å²) in [6, 6.07) is 3.79. The monoisotopic (exact) mass is 358 g/mol. The normalized spacial score (nSPS) is 10.7. The molecule has 3 heterocycles. The molecule has 130 valence electrons. The van der Waals surface area contributed by atoms with Crippen LogP contribution in [0.4, 0.5) is 5.82 Å². The maximum Gasteiger partial charge on any atom is 0.348 e. The number of aryl methyl sites for hydroxylation is 2. The number of methoxy groups -OCH3 is 2. The molecule has 0 aliphatic carbocycles. The molecule has 0 unspecified atom stereocenters. The summed E-state index contributed by atoms with van der Waals surface area (Å²) in [6.45, 7) is 4.19. The molecule has 0 atom stereocenters. The van der Waals surface area contributed by atoms with Crippen molar-refractivity contribution >= 4 is 33.3 Å². The molecule has 0 fully saturated rings. The Hall–Kier alpha value is -2.74. The van der Waals surface area contributed by atoms with Crippen LogP contribution < -0.4 is 10.1 Å². The molecule has 7 nitrogen and oxygen atoms in total. The van der Waals surface area contributed by atoms with Crippen LogP contribution >= 0.6 is 11.3 Å². The van der Waals surface area contributed by atoms with Crippen molar-refractivity contribution in [1.82, 2.24) is 15.0 Å². The number of thiophene rings is 1. The van der Waals surface area contributed by atoms with Crippen molar-refractivity contribution in [3.63, 3.8) is 0 Å². The van der Waals surface area contributed by atoms with E-state index < -0.39 is 0 Å². The summed E-state index contributed by atoms with van der Waals surface area (Å²) in [6.07, 6.45) is 1.68. The predicted octanol–water partition coefficient (Wildman–Crippen LogP) is 3.11. The van der Waals surface area contributed by atoms with Gasteiger partial charge in [0.15, 0.2) is 0 Å². The van der Waals surface area contributed by atoms with Gasteiger partial charge in [-0.2, -0.15) is 0 Å². The lowest BCUT2D eigenvalue weighted by Crippen LogP contribution is -2.06. The fourth-order valence-electron chi connectivity index (χ4n) is 2.58. The van der Waals surface area contributed by atoms with Crippen molar-refractivity contribution in [3.05, 3.63) is 40.2 Å². The summed E-state index contributed by atoms with van der Waals surface area (Å²) in [5.74, 6) is 1.51. The van der Waals surface area contributed by atoms with Crippen molar-refractivity contribution in [2.75, 3.05) is 19.5 Å². The van der Waals surface area contributed by atoms with Gasteiger partial charge in [0.25, 0.3) is 0 Å². The molecule has 0 aromatic carbocycles. The quantitative estimate of drug-likeness (QED) is 0.701. The molecular formula is C17H18N4O3S. The van der Waals surface area contributed by atoms with Gasteiger partial charge in [-0.15, -0.1) is 11.3 Å². The topological polar surface area (TPSA) is 86.2 Å². The minimum atomic E-state index is -0.363. The molecule has 0 aliphatic rings. The summed E-state index contributed by atoms with van der Waals surface area (Å²) >= 11 is 1.31. The van der Waals surface area contributed by atoms with Gasteiger partial charge in [0.1, 0.15) is 21.3 Å². The average molecular weight is 358 g/mol. The lowest BCUT2D eigenvalue weighted by molar-refractivity contribution is 0.0605. The van der Waals surface area contributed by atoms with Gasteiger partial charge >= 0.3 is 5.97 Å². The first-order valence-electron chi connectivity index (χ1n) is 7.63. The molecule has 3 aromatic rings. The second-order valence-corrected chi connectivity index (χ2v) is 6.37. The van der Waals surface area contributed by atoms with Crippen molar-refractivity contribution in [1.29, 1.82) is 0 Å². The number of ether oxygens (including phenoxy) is 2. The SMILES string of the molecule is COC(=O)c1sc2nc(C)nc(NCc3cccnc3OC)c2c1C. The zero-order valence-electron chi connectivity index (χ0n) is 14.4. The van der Waals surface area contributed by atoms with Crippen molar-refractivity contribution < 1.29 is 14.3 Å². The van der Waals surface area contributed by atoms with Crippen LogP contribution in [0.3, 0.4) is 0 Å². The number of carbonyl (C=O) groups is 1. The number of hydrogen-bond acceptors (Lipinski definition) is 8. The number of carbonyl (C=O) groups excluding carboxylic acids is 1. The molecule has 0 saturated heterocycles. The number of nitrogens with one attached hydrogen (secondary N) is 1. The molecule has 0 saturated carbocycles. The van der Waals surface area contributed by atoms with Gasteiger partial charge in [0, 0.05) is 18.3 Å². The largest absolute Gasteiger partial charge is 0.481 e. The van der Waals surface area contributed by atoms with Gasteiger partial charge in [-0.3, -0.25) is 0 Å². The molecule has 0 bridgehead atoms. The van der Waals surface area contributed by atoms with E-state index in [9.17, 15) is 4.79 Å². The maximum absolute atomic E-state index is 12.0. The molecule has 0 radical (unpaired) electrons. The van der Waals surface area contributed by atoms with Crippen LogP contribution in [0.1, 0.15) is 26.6 Å². The lowest BCUT2D eigenvalue weighted by atomic mass is 10.2. The fraction of sp³-hybridized carbons (Fsp3) is 0.294. The van der Waals surface area contributed by atoms with Crippen molar-refractivity contribution in [2.24, 2.45) is 0 Å². The van der Waals surface area contributed by atoms with Gasteiger partial charge in [-0.05, 0) is 25.5 Å². The van der Waals surface area contributed by atoms with Gasteiger partial charge in [0.05, 0.1) is 19.6 Å². The Kier molecular flexibility index (Phi) is 4.80. The second-order valence-electron chi connectivity index (χ2n) is 5.37. The Bertz CT molecular complexity index is 939. The van der Waals surface area contributed by atoms with Crippen LogP contribution in [0.5, 0.6) is 5.88 Å². The van der Waals surface area contributed by atoms with E-state index in [0.717, 1.165) is 21.3 Å². The highest BCUT2D eigenvalue weighted by Crippen LogP contribution is 2.34. The van der Waals surface area contributed by atoms with Crippen molar-refractivity contribution in [3.8, 4) is 5.88 Å². The summed E-state index contributed by atoms with van der Waals surface area (Å²) in [5.41, 5.74) is 1.72. The zero-order valence-corrected chi connectivity index (χ0v) is 15.2.